The molecule has 0 spiro atoms. The summed E-state index contributed by atoms with van der Waals surface area (Å²) in [5.74, 6) is 1.75. The number of nitrogens with one attached hydrogen (secondary N) is 1. The van der Waals surface area contributed by atoms with E-state index in [2.05, 4.69) is 26.9 Å². The van der Waals surface area contributed by atoms with Crippen LogP contribution in [0.15, 0.2) is 6.33 Å². The van der Waals surface area contributed by atoms with Crippen molar-refractivity contribution in [3.05, 3.63) is 12.2 Å². The van der Waals surface area contributed by atoms with E-state index in [0.29, 0.717) is 29.4 Å². The van der Waals surface area contributed by atoms with Crippen LogP contribution in [-0.2, 0) is 6.42 Å². The van der Waals surface area contributed by atoms with Gasteiger partial charge < -0.3 is 16.5 Å². The summed E-state index contributed by atoms with van der Waals surface area (Å²) >= 11 is 0. The maximum Gasteiger partial charge on any atom is 0.183 e. The number of nitrogens with zero attached hydrogens (tertiary/aromatic N) is 3. The molecule has 1 atom stereocenters. The van der Waals surface area contributed by atoms with Crippen molar-refractivity contribution < 1.29 is 0 Å². The van der Waals surface area contributed by atoms with E-state index in [1.165, 1.54) is 6.33 Å². The average Bonchev–Trinajstić information content (AvgIpc) is 2.70. The first-order valence-corrected chi connectivity index (χ1v) is 5.39. The minimum atomic E-state index is 0.435. The van der Waals surface area contributed by atoms with Crippen LogP contribution in [0.2, 0.25) is 0 Å². The number of hydrogen-bond donors (Lipinski definition) is 3. The molecule has 1 unspecified atom stereocenters. The molecule has 0 aliphatic heterocycles. The summed E-state index contributed by atoms with van der Waals surface area (Å²) in [5.41, 5.74) is 12.7. The van der Waals surface area contributed by atoms with Gasteiger partial charge in [-0.05, 0) is 12.5 Å². The topological polar surface area (TPSA) is 106 Å². The van der Waals surface area contributed by atoms with Crippen molar-refractivity contribution >= 4 is 17.0 Å². The van der Waals surface area contributed by atoms with Crippen LogP contribution in [0.3, 0.4) is 0 Å². The molecular weight excluding hydrogens is 204 g/mol. The van der Waals surface area contributed by atoms with Gasteiger partial charge >= 0.3 is 0 Å². The van der Waals surface area contributed by atoms with E-state index in [9.17, 15) is 0 Å². The number of hydrogen-bond acceptors (Lipinski definition) is 5. The summed E-state index contributed by atoms with van der Waals surface area (Å²) in [4.78, 5) is 15.5. The molecule has 2 heterocycles. The number of anilines is 1. The number of imidazole rings is 1. The monoisotopic (exact) mass is 220 g/mol. The van der Waals surface area contributed by atoms with Gasteiger partial charge in [0.25, 0.3) is 0 Å². The van der Waals surface area contributed by atoms with Gasteiger partial charge in [0.2, 0.25) is 0 Å². The third-order valence-electron chi connectivity index (χ3n) is 2.76. The van der Waals surface area contributed by atoms with Crippen LogP contribution in [0.1, 0.15) is 19.2 Å². The van der Waals surface area contributed by atoms with E-state index >= 15 is 0 Å². The molecule has 5 N–H and O–H groups in total. The van der Waals surface area contributed by atoms with E-state index in [-0.39, 0.29) is 0 Å². The van der Waals surface area contributed by atoms with Crippen molar-refractivity contribution in [2.24, 2.45) is 11.7 Å². The lowest BCUT2D eigenvalue weighted by molar-refractivity contribution is 0.508. The molecule has 2 rings (SSSR count). The molecule has 6 heteroatoms. The lowest BCUT2D eigenvalue weighted by Crippen LogP contribution is -2.16. The van der Waals surface area contributed by atoms with Crippen molar-refractivity contribution in [3.63, 3.8) is 0 Å². The Balaban J connectivity index is 2.29. The van der Waals surface area contributed by atoms with Gasteiger partial charge in [-0.2, -0.15) is 0 Å². The number of aromatic amines is 1. The van der Waals surface area contributed by atoms with E-state index in [0.717, 1.165) is 18.7 Å². The maximum absolute atomic E-state index is 5.72. The predicted molar refractivity (Wildman–Crippen MR) is 62.6 cm³/mol. The van der Waals surface area contributed by atoms with Gasteiger partial charge in [0, 0.05) is 6.42 Å². The largest absolute Gasteiger partial charge is 0.382 e. The van der Waals surface area contributed by atoms with Crippen molar-refractivity contribution in [2.45, 2.75) is 19.8 Å². The first kappa shape index (κ1) is 10.8. The van der Waals surface area contributed by atoms with Crippen LogP contribution in [0, 0.1) is 5.92 Å². The number of nitrogen functional groups attached to an aromatic ring is 1. The first-order valence-electron chi connectivity index (χ1n) is 5.39. The van der Waals surface area contributed by atoms with Crippen LogP contribution in [0.4, 0.5) is 5.82 Å². The second-order valence-corrected chi connectivity index (χ2v) is 3.86. The highest BCUT2D eigenvalue weighted by Crippen LogP contribution is 2.16. The quantitative estimate of drug-likeness (QED) is 0.694. The fourth-order valence-corrected chi connectivity index (χ4v) is 1.66. The van der Waals surface area contributed by atoms with Gasteiger partial charge in [-0.15, -0.1) is 0 Å². The first-order chi connectivity index (χ1) is 7.74. The lowest BCUT2D eigenvalue weighted by atomic mass is 10.0. The highest BCUT2D eigenvalue weighted by Gasteiger charge is 2.11. The summed E-state index contributed by atoms with van der Waals surface area (Å²) < 4.78 is 0. The summed E-state index contributed by atoms with van der Waals surface area (Å²) in [6, 6.07) is 0. The van der Waals surface area contributed by atoms with Crippen molar-refractivity contribution in [1.82, 2.24) is 19.9 Å². The predicted octanol–water partition coefficient (Wildman–Crippen LogP) is 0.462. The van der Waals surface area contributed by atoms with E-state index in [1.54, 1.807) is 0 Å². The Labute approximate surface area is 93.5 Å². The lowest BCUT2D eigenvalue weighted by Gasteiger charge is -2.08. The van der Waals surface area contributed by atoms with Crippen LogP contribution in [-0.4, -0.2) is 26.5 Å². The summed E-state index contributed by atoms with van der Waals surface area (Å²) in [7, 11) is 0. The van der Waals surface area contributed by atoms with Gasteiger partial charge in [-0.3, -0.25) is 0 Å². The Bertz CT molecular complexity index is 473. The normalized spacial score (nSPS) is 13.1. The molecule has 16 heavy (non-hydrogen) atoms. The van der Waals surface area contributed by atoms with Gasteiger partial charge in [-0.25, -0.2) is 15.0 Å². The molecule has 0 saturated heterocycles. The van der Waals surface area contributed by atoms with Gasteiger partial charge in [-0.1, -0.05) is 13.3 Å². The zero-order valence-electron chi connectivity index (χ0n) is 9.27. The fraction of sp³-hybridized carbons (Fsp3) is 0.500. The maximum atomic E-state index is 5.72. The van der Waals surface area contributed by atoms with Crippen LogP contribution < -0.4 is 11.5 Å². The molecule has 0 amide bonds. The molecular formula is C10H16N6. The van der Waals surface area contributed by atoms with Crippen LogP contribution in [0.25, 0.3) is 11.2 Å². The Kier molecular flexibility index (Phi) is 3.00. The van der Waals surface area contributed by atoms with Crippen LogP contribution in [0.5, 0.6) is 0 Å². The third kappa shape index (κ3) is 1.96. The Morgan fingerprint density at radius 2 is 2.25 bits per heavy atom. The minimum Gasteiger partial charge on any atom is -0.382 e. The number of rotatable bonds is 4. The number of nitrogens with two attached hydrogens (primary N) is 2. The van der Waals surface area contributed by atoms with Gasteiger partial charge in [0.1, 0.15) is 17.7 Å². The van der Waals surface area contributed by atoms with Crippen molar-refractivity contribution in [1.29, 1.82) is 0 Å². The fourth-order valence-electron chi connectivity index (χ4n) is 1.66. The Hall–Kier alpha value is -1.69. The molecule has 0 aromatic carbocycles. The smallest absolute Gasteiger partial charge is 0.183 e. The van der Waals surface area contributed by atoms with Gasteiger partial charge in [0.05, 0.1) is 0 Å². The highest BCUT2D eigenvalue weighted by molar-refractivity contribution is 5.80. The van der Waals surface area contributed by atoms with Crippen molar-refractivity contribution in [3.8, 4) is 0 Å². The second-order valence-electron chi connectivity index (χ2n) is 3.86. The molecule has 86 valence electrons. The average molecular weight is 220 g/mol. The Morgan fingerprint density at radius 1 is 1.44 bits per heavy atom. The molecule has 0 bridgehead atoms. The minimum absolute atomic E-state index is 0.435. The molecule has 0 aliphatic rings. The summed E-state index contributed by atoms with van der Waals surface area (Å²) in [6.07, 6.45) is 3.28. The SMILES string of the molecule is CCC(CN)Cc1nc2ncnc(N)c2[nH]1. The van der Waals surface area contributed by atoms with Crippen molar-refractivity contribution in [2.75, 3.05) is 12.3 Å². The van der Waals surface area contributed by atoms with E-state index in [1.807, 2.05) is 0 Å². The number of H-pyrrole nitrogens is 1. The molecule has 0 aliphatic carbocycles. The third-order valence-corrected chi connectivity index (χ3v) is 2.76. The van der Waals surface area contributed by atoms with E-state index < -0.39 is 0 Å². The van der Waals surface area contributed by atoms with E-state index in [4.69, 9.17) is 11.5 Å². The second kappa shape index (κ2) is 4.44. The Morgan fingerprint density at radius 3 is 2.88 bits per heavy atom. The summed E-state index contributed by atoms with van der Waals surface area (Å²) in [5, 5.41) is 0. The number of aromatic nitrogens is 4. The van der Waals surface area contributed by atoms with Gasteiger partial charge in [0.15, 0.2) is 11.5 Å². The molecule has 2 aromatic rings. The zero-order chi connectivity index (χ0) is 11.5. The van der Waals surface area contributed by atoms with Crippen LogP contribution >= 0.6 is 0 Å². The molecule has 0 radical (unpaired) electrons. The highest BCUT2D eigenvalue weighted by atomic mass is 15.0. The standard InChI is InChI=1S/C10H16N6/c1-2-6(4-11)3-7-15-8-9(12)13-5-14-10(8)16-7/h5-6H,2-4,11H2,1H3,(H3,12,13,14,15,16). The molecule has 0 fully saturated rings. The molecule has 2 aromatic heterocycles. The molecule has 0 saturated carbocycles. The molecule has 6 nitrogen and oxygen atoms in total. The number of fused-ring (bicyclic) bond motifs is 1. The summed E-state index contributed by atoms with van der Waals surface area (Å²) in [6.45, 7) is 2.78. The zero-order valence-corrected chi connectivity index (χ0v) is 9.27.